The van der Waals surface area contributed by atoms with Crippen molar-refractivity contribution in [3.63, 3.8) is 0 Å². The van der Waals surface area contributed by atoms with E-state index >= 15 is 0 Å². The van der Waals surface area contributed by atoms with Crippen LogP contribution in [0.15, 0.2) is 66.0 Å². The van der Waals surface area contributed by atoms with Crippen LogP contribution >= 0.6 is 0 Å². The Hall–Kier alpha value is -2.42. The molecule has 0 aliphatic rings. The number of benzene rings is 1. The molecule has 0 radical (unpaired) electrons. The van der Waals surface area contributed by atoms with Gasteiger partial charge in [0.15, 0.2) is 0 Å². The molecule has 0 saturated heterocycles. The van der Waals surface area contributed by atoms with Gasteiger partial charge in [0.25, 0.3) is 0 Å². The van der Waals surface area contributed by atoms with Gasteiger partial charge in [0.2, 0.25) is 0 Å². The second-order valence-electron chi connectivity index (χ2n) is 8.30. The summed E-state index contributed by atoms with van der Waals surface area (Å²) in [5.74, 6) is 0.635. The molecule has 0 amide bonds. The number of rotatable bonds is 11. The minimum absolute atomic E-state index is 0.312. The first-order chi connectivity index (χ1) is 14.3. The summed E-state index contributed by atoms with van der Waals surface area (Å²) in [7, 11) is 0. The fraction of sp³-hybridized carbons (Fsp3) is 0.481. The number of hydrogen-bond acceptors (Lipinski definition) is 3. The topological polar surface area (TPSA) is 43.4 Å². The van der Waals surface area contributed by atoms with Gasteiger partial charge in [0.1, 0.15) is 6.29 Å². The predicted octanol–water partition coefficient (Wildman–Crippen LogP) is 7.70. The summed E-state index contributed by atoms with van der Waals surface area (Å²) in [6.45, 7) is 12.6. The minimum Gasteiger partial charge on any atom is -0.431 e. The summed E-state index contributed by atoms with van der Waals surface area (Å²) in [6, 6.07) is 9.01. The Morgan fingerprint density at radius 2 is 1.50 bits per heavy atom. The lowest BCUT2D eigenvalue weighted by Gasteiger charge is -2.04. The number of hydrogen-bond donors (Lipinski definition) is 0. The highest BCUT2D eigenvalue weighted by Crippen LogP contribution is 2.10. The third-order valence-corrected chi connectivity index (χ3v) is 4.48. The molecule has 166 valence electrons. The molecule has 0 bridgehead atoms. The van der Waals surface area contributed by atoms with Gasteiger partial charge in [-0.15, -0.1) is 0 Å². The molecular formula is C27H40O3. The van der Waals surface area contributed by atoms with Gasteiger partial charge in [0, 0.05) is 6.42 Å². The summed E-state index contributed by atoms with van der Waals surface area (Å²) in [5.41, 5.74) is 3.28. The fourth-order valence-corrected chi connectivity index (χ4v) is 2.55. The van der Waals surface area contributed by atoms with Crippen molar-refractivity contribution in [2.24, 2.45) is 11.8 Å². The second-order valence-corrected chi connectivity index (χ2v) is 8.30. The van der Waals surface area contributed by atoms with Gasteiger partial charge in [-0.1, -0.05) is 55.3 Å². The van der Waals surface area contributed by atoms with Gasteiger partial charge < -0.3 is 9.53 Å². The third-order valence-electron chi connectivity index (χ3n) is 4.48. The quantitative estimate of drug-likeness (QED) is 0.162. The molecule has 2 unspecified atom stereocenters. The normalized spacial score (nSPS) is 12.2. The highest BCUT2D eigenvalue weighted by atomic mass is 16.5. The number of aldehydes is 1. The van der Waals surface area contributed by atoms with E-state index in [4.69, 9.17) is 4.74 Å². The van der Waals surface area contributed by atoms with Crippen molar-refractivity contribution < 1.29 is 14.3 Å². The summed E-state index contributed by atoms with van der Waals surface area (Å²) in [4.78, 5) is 21.7. The Bertz CT molecular complexity index is 675. The molecule has 0 heterocycles. The molecule has 1 aromatic rings. The van der Waals surface area contributed by atoms with E-state index in [0.717, 1.165) is 32.0 Å². The number of ether oxygens (including phenoxy) is 1. The summed E-state index contributed by atoms with van der Waals surface area (Å²) < 4.78 is 5.09. The van der Waals surface area contributed by atoms with Crippen molar-refractivity contribution in [1.82, 2.24) is 0 Å². The number of esters is 1. The Morgan fingerprint density at radius 3 is 2.03 bits per heavy atom. The predicted molar refractivity (Wildman–Crippen MR) is 127 cm³/mol. The van der Waals surface area contributed by atoms with Crippen LogP contribution in [0.3, 0.4) is 0 Å². The van der Waals surface area contributed by atoms with Gasteiger partial charge in [-0.2, -0.15) is 0 Å². The zero-order valence-electron chi connectivity index (χ0n) is 19.7. The van der Waals surface area contributed by atoms with Crippen molar-refractivity contribution in [1.29, 1.82) is 0 Å². The van der Waals surface area contributed by atoms with Crippen LogP contribution in [0, 0.1) is 11.8 Å². The number of carbonyl (C=O) groups excluding carboxylic acids is 2. The SMILES string of the molecule is CC(C)=CCCC(C)C=COC(=O)c1ccccc1.CC(C)=CCCC(C)CC=O. The van der Waals surface area contributed by atoms with Crippen molar-refractivity contribution in [2.45, 2.75) is 73.6 Å². The summed E-state index contributed by atoms with van der Waals surface area (Å²) in [5, 5.41) is 0. The van der Waals surface area contributed by atoms with Gasteiger partial charge >= 0.3 is 5.97 Å². The molecule has 0 aliphatic carbocycles. The Kier molecular flexibility index (Phi) is 16.0. The standard InChI is InChI=1S/C17H22O2.C10H18O/c1-14(2)8-7-9-15(3)12-13-19-17(18)16-10-5-4-6-11-16;1-9(2)5-4-6-10(3)7-8-11/h4-6,8,10-13,15H,7,9H2,1-3H3;5,8,10H,4,6-7H2,1-3H3. The van der Waals surface area contributed by atoms with E-state index in [1.165, 1.54) is 17.4 Å². The molecule has 0 aliphatic heterocycles. The minimum atomic E-state index is -0.312. The molecular weight excluding hydrogens is 372 g/mol. The fourth-order valence-electron chi connectivity index (χ4n) is 2.55. The van der Waals surface area contributed by atoms with Gasteiger partial charge in [-0.25, -0.2) is 4.79 Å². The Balaban J connectivity index is 0.000000654. The summed E-state index contributed by atoms with van der Waals surface area (Å²) in [6.07, 6.45) is 13.9. The third kappa shape index (κ3) is 16.5. The zero-order valence-corrected chi connectivity index (χ0v) is 19.7. The Labute approximate surface area is 183 Å². The highest BCUT2D eigenvalue weighted by Gasteiger charge is 2.03. The van der Waals surface area contributed by atoms with Crippen LogP contribution in [0.5, 0.6) is 0 Å². The molecule has 0 N–H and O–H groups in total. The number of allylic oxidation sites excluding steroid dienone is 5. The van der Waals surface area contributed by atoms with Crippen LogP contribution in [0.1, 0.15) is 84.0 Å². The monoisotopic (exact) mass is 412 g/mol. The summed E-state index contributed by atoms with van der Waals surface area (Å²) >= 11 is 0. The van der Waals surface area contributed by atoms with Crippen molar-refractivity contribution >= 4 is 12.3 Å². The molecule has 1 aromatic carbocycles. The van der Waals surface area contributed by atoms with Crippen molar-refractivity contribution in [3.05, 3.63) is 71.5 Å². The van der Waals surface area contributed by atoms with Gasteiger partial charge in [-0.3, -0.25) is 0 Å². The number of carbonyl (C=O) groups is 2. The van der Waals surface area contributed by atoms with Crippen molar-refractivity contribution in [3.8, 4) is 0 Å². The maximum atomic E-state index is 11.6. The van der Waals surface area contributed by atoms with Gasteiger partial charge in [-0.05, 0) is 83.4 Å². The van der Waals surface area contributed by atoms with Crippen LogP contribution in [-0.2, 0) is 9.53 Å². The maximum Gasteiger partial charge on any atom is 0.342 e. The average molecular weight is 413 g/mol. The van der Waals surface area contributed by atoms with E-state index in [1.54, 1.807) is 12.1 Å². The van der Waals surface area contributed by atoms with Crippen LogP contribution in [0.2, 0.25) is 0 Å². The van der Waals surface area contributed by atoms with E-state index in [0.29, 0.717) is 23.8 Å². The van der Waals surface area contributed by atoms with E-state index in [-0.39, 0.29) is 5.97 Å². The first-order valence-electron chi connectivity index (χ1n) is 10.9. The van der Waals surface area contributed by atoms with E-state index < -0.39 is 0 Å². The molecule has 2 atom stereocenters. The zero-order chi connectivity index (χ0) is 22.8. The molecule has 0 saturated carbocycles. The van der Waals surface area contributed by atoms with E-state index in [1.807, 2.05) is 24.3 Å². The smallest absolute Gasteiger partial charge is 0.342 e. The molecule has 0 aromatic heterocycles. The van der Waals surface area contributed by atoms with Crippen LogP contribution < -0.4 is 0 Å². The van der Waals surface area contributed by atoms with Crippen LogP contribution in [0.25, 0.3) is 0 Å². The molecule has 3 heteroatoms. The van der Waals surface area contributed by atoms with E-state index in [2.05, 4.69) is 53.7 Å². The molecule has 0 fully saturated rings. The second kappa shape index (κ2) is 17.4. The molecule has 1 rings (SSSR count). The first kappa shape index (κ1) is 27.6. The van der Waals surface area contributed by atoms with Gasteiger partial charge in [0.05, 0.1) is 11.8 Å². The van der Waals surface area contributed by atoms with Crippen LogP contribution in [0.4, 0.5) is 0 Å². The lowest BCUT2D eigenvalue weighted by atomic mass is 10.0. The largest absolute Gasteiger partial charge is 0.431 e. The van der Waals surface area contributed by atoms with Crippen molar-refractivity contribution in [2.75, 3.05) is 0 Å². The average Bonchev–Trinajstić information content (AvgIpc) is 2.68. The van der Waals surface area contributed by atoms with E-state index in [9.17, 15) is 9.59 Å². The lowest BCUT2D eigenvalue weighted by Crippen LogP contribution is -2.00. The Morgan fingerprint density at radius 1 is 0.933 bits per heavy atom. The van der Waals surface area contributed by atoms with Crippen LogP contribution in [-0.4, -0.2) is 12.3 Å². The lowest BCUT2D eigenvalue weighted by molar-refractivity contribution is -0.108. The highest BCUT2D eigenvalue weighted by molar-refractivity contribution is 5.89. The molecule has 30 heavy (non-hydrogen) atoms. The maximum absolute atomic E-state index is 11.6. The first-order valence-corrected chi connectivity index (χ1v) is 10.9. The molecule has 3 nitrogen and oxygen atoms in total. The molecule has 0 spiro atoms.